The first-order valence-corrected chi connectivity index (χ1v) is 9.32. The van der Waals surface area contributed by atoms with E-state index in [2.05, 4.69) is 25.5 Å². The number of hydrogen-bond donors (Lipinski definition) is 2. The number of rotatable bonds is 7. The van der Waals surface area contributed by atoms with Gasteiger partial charge in [-0.25, -0.2) is 4.68 Å². The molecule has 30 heavy (non-hydrogen) atoms. The highest BCUT2D eigenvalue weighted by Crippen LogP contribution is 2.26. The molecular formula is C21H22F3N5O. The van der Waals surface area contributed by atoms with Gasteiger partial charge >= 0.3 is 6.36 Å². The van der Waals surface area contributed by atoms with Gasteiger partial charge in [0.15, 0.2) is 5.96 Å². The molecule has 1 aromatic heterocycles. The van der Waals surface area contributed by atoms with Gasteiger partial charge in [-0.2, -0.15) is 5.10 Å². The monoisotopic (exact) mass is 417 g/mol. The van der Waals surface area contributed by atoms with Crippen LogP contribution < -0.4 is 15.4 Å². The third-order valence-corrected chi connectivity index (χ3v) is 4.23. The summed E-state index contributed by atoms with van der Waals surface area (Å²) >= 11 is 0. The average molecular weight is 417 g/mol. The number of ether oxygens (including phenoxy) is 1. The smallest absolute Gasteiger partial charge is 0.405 e. The van der Waals surface area contributed by atoms with Crippen molar-refractivity contribution in [2.75, 3.05) is 13.6 Å². The number of hydrogen-bond acceptors (Lipinski definition) is 3. The summed E-state index contributed by atoms with van der Waals surface area (Å²) in [6, 6.07) is 15.8. The van der Waals surface area contributed by atoms with E-state index < -0.39 is 6.36 Å². The molecule has 0 aliphatic rings. The minimum Gasteiger partial charge on any atom is -0.405 e. The third kappa shape index (κ3) is 6.26. The molecule has 0 spiro atoms. The Kier molecular flexibility index (Phi) is 6.95. The number of aromatic nitrogens is 2. The summed E-state index contributed by atoms with van der Waals surface area (Å²) in [6.45, 7) is 0.721. The lowest BCUT2D eigenvalue weighted by molar-refractivity contribution is -0.274. The molecule has 0 unspecified atom stereocenters. The predicted octanol–water partition coefficient (Wildman–Crippen LogP) is 3.68. The van der Waals surface area contributed by atoms with Crippen LogP contribution in [0.1, 0.15) is 11.1 Å². The first-order chi connectivity index (χ1) is 14.4. The van der Waals surface area contributed by atoms with Crippen molar-refractivity contribution >= 4 is 5.96 Å². The molecule has 0 aliphatic heterocycles. The van der Waals surface area contributed by atoms with Gasteiger partial charge in [0.2, 0.25) is 0 Å². The molecule has 0 amide bonds. The molecule has 2 aromatic carbocycles. The Morgan fingerprint density at radius 1 is 1.07 bits per heavy atom. The number of nitrogens with one attached hydrogen (secondary N) is 2. The molecule has 6 nitrogen and oxygen atoms in total. The number of halogens is 3. The van der Waals surface area contributed by atoms with Crippen molar-refractivity contribution < 1.29 is 17.9 Å². The van der Waals surface area contributed by atoms with E-state index in [-0.39, 0.29) is 12.3 Å². The summed E-state index contributed by atoms with van der Waals surface area (Å²) in [5.74, 6) is 0.244. The normalized spacial score (nSPS) is 11.9. The lowest BCUT2D eigenvalue weighted by Gasteiger charge is -2.15. The number of nitrogens with zero attached hydrogens (tertiary/aromatic N) is 3. The van der Waals surface area contributed by atoms with Crippen LogP contribution in [0.2, 0.25) is 0 Å². The number of aliphatic imine (C=N–C) groups is 1. The molecule has 158 valence electrons. The van der Waals surface area contributed by atoms with Gasteiger partial charge in [-0.15, -0.1) is 13.2 Å². The summed E-state index contributed by atoms with van der Waals surface area (Å²) in [4.78, 5) is 4.10. The number of benzene rings is 2. The Morgan fingerprint density at radius 2 is 1.80 bits per heavy atom. The van der Waals surface area contributed by atoms with Gasteiger partial charge in [0.25, 0.3) is 0 Å². The van der Waals surface area contributed by atoms with Crippen LogP contribution in [-0.2, 0) is 13.0 Å². The van der Waals surface area contributed by atoms with Crippen LogP contribution >= 0.6 is 0 Å². The van der Waals surface area contributed by atoms with Crippen molar-refractivity contribution in [2.24, 2.45) is 4.99 Å². The highest BCUT2D eigenvalue weighted by Gasteiger charge is 2.31. The standard InChI is InChI=1S/C21H22F3N5O/c1-25-20(27-14-17-7-5-6-10-19(17)30-21(22,23)24)26-12-11-16-13-28-29(15-16)18-8-3-2-4-9-18/h2-10,13,15H,11-12,14H2,1H3,(H2,25,26,27). The average Bonchev–Trinajstić information content (AvgIpc) is 3.20. The zero-order valence-corrected chi connectivity index (χ0v) is 16.4. The van der Waals surface area contributed by atoms with Crippen molar-refractivity contribution in [3.63, 3.8) is 0 Å². The lowest BCUT2D eigenvalue weighted by atomic mass is 10.2. The van der Waals surface area contributed by atoms with Gasteiger partial charge in [0, 0.05) is 31.9 Å². The lowest BCUT2D eigenvalue weighted by Crippen LogP contribution is -2.38. The summed E-state index contributed by atoms with van der Waals surface area (Å²) in [7, 11) is 1.60. The van der Waals surface area contributed by atoms with E-state index in [0.717, 1.165) is 11.3 Å². The zero-order valence-electron chi connectivity index (χ0n) is 16.4. The van der Waals surface area contributed by atoms with Gasteiger partial charge in [-0.1, -0.05) is 36.4 Å². The molecule has 0 fully saturated rings. The second-order valence-electron chi connectivity index (χ2n) is 6.39. The Bertz CT molecular complexity index is 970. The molecule has 0 saturated heterocycles. The van der Waals surface area contributed by atoms with Crippen molar-refractivity contribution in [1.82, 2.24) is 20.4 Å². The third-order valence-electron chi connectivity index (χ3n) is 4.23. The maximum absolute atomic E-state index is 12.5. The molecule has 0 bridgehead atoms. The Morgan fingerprint density at radius 3 is 2.53 bits per heavy atom. The van der Waals surface area contributed by atoms with Gasteiger partial charge < -0.3 is 15.4 Å². The molecular weight excluding hydrogens is 395 g/mol. The minimum absolute atomic E-state index is 0.137. The Balaban J connectivity index is 1.50. The van der Waals surface area contributed by atoms with Crippen LogP contribution in [0, 0.1) is 0 Å². The van der Waals surface area contributed by atoms with Crippen LogP contribution in [0.5, 0.6) is 5.75 Å². The fourth-order valence-corrected chi connectivity index (χ4v) is 2.81. The molecule has 0 radical (unpaired) electrons. The van der Waals surface area contributed by atoms with Crippen LogP contribution in [0.25, 0.3) is 5.69 Å². The molecule has 0 atom stereocenters. The van der Waals surface area contributed by atoms with Crippen LogP contribution in [0.3, 0.4) is 0 Å². The molecule has 0 saturated carbocycles. The SMILES string of the molecule is CN=C(NCCc1cnn(-c2ccccc2)c1)NCc1ccccc1OC(F)(F)F. The number of guanidine groups is 1. The fraction of sp³-hybridized carbons (Fsp3) is 0.238. The van der Waals surface area contributed by atoms with E-state index in [1.165, 1.54) is 12.1 Å². The van der Waals surface area contributed by atoms with Crippen molar-refractivity contribution in [3.8, 4) is 11.4 Å². The molecule has 3 rings (SSSR count). The second kappa shape index (κ2) is 9.82. The first-order valence-electron chi connectivity index (χ1n) is 9.32. The summed E-state index contributed by atoms with van der Waals surface area (Å²) in [5, 5.41) is 10.5. The van der Waals surface area contributed by atoms with Crippen LogP contribution in [0.4, 0.5) is 13.2 Å². The van der Waals surface area contributed by atoms with E-state index >= 15 is 0 Å². The molecule has 2 N–H and O–H groups in total. The quantitative estimate of drug-likeness (QED) is 0.455. The van der Waals surface area contributed by atoms with Crippen LogP contribution in [-0.4, -0.2) is 35.7 Å². The van der Waals surface area contributed by atoms with Crippen molar-refractivity contribution in [2.45, 2.75) is 19.3 Å². The second-order valence-corrected chi connectivity index (χ2v) is 6.39. The van der Waals surface area contributed by atoms with Gasteiger partial charge in [0.1, 0.15) is 5.75 Å². The van der Waals surface area contributed by atoms with Crippen molar-refractivity contribution in [1.29, 1.82) is 0 Å². The number of para-hydroxylation sites is 2. The molecule has 1 heterocycles. The summed E-state index contributed by atoms with van der Waals surface area (Å²) in [5.41, 5.74) is 2.40. The zero-order chi connectivity index (χ0) is 21.4. The van der Waals surface area contributed by atoms with E-state index in [1.807, 2.05) is 36.5 Å². The Hall–Kier alpha value is -3.49. The maximum Gasteiger partial charge on any atom is 0.573 e. The van der Waals surface area contributed by atoms with Crippen LogP contribution in [0.15, 0.2) is 72.0 Å². The Labute approximate surface area is 172 Å². The van der Waals surface area contributed by atoms with E-state index in [0.29, 0.717) is 24.5 Å². The highest BCUT2D eigenvalue weighted by atomic mass is 19.4. The number of alkyl halides is 3. The maximum atomic E-state index is 12.5. The summed E-state index contributed by atoms with van der Waals surface area (Å²) < 4.78 is 43.5. The molecule has 0 aliphatic carbocycles. The summed E-state index contributed by atoms with van der Waals surface area (Å²) in [6.07, 6.45) is -0.269. The van der Waals surface area contributed by atoms with E-state index in [9.17, 15) is 13.2 Å². The predicted molar refractivity (Wildman–Crippen MR) is 109 cm³/mol. The molecule has 3 aromatic rings. The topological polar surface area (TPSA) is 63.5 Å². The molecule has 9 heteroatoms. The highest BCUT2D eigenvalue weighted by molar-refractivity contribution is 5.79. The largest absolute Gasteiger partial charge is 0.573 e. The van der Waals surface area contributed by atoms with Crippen molar-refractivity contribution in [3.05, 3.63) is 78.1 Å². The van der Waals surface area contributed by atoms with E-state index in [4.69, 9.17) is 0 Å². The fourth-order valence-electron chi connectivity index (χ4n) is 2.81. The van der Waals surface area contributed by atoms with Gasteiger partial charge in [0.05, 0.1) is 11.9 Å². The first kappa shape index (κ1) is 21.2. The van der Waals surface area contributed by atoms with Gasteiger partial charge in [-0.05, 0) is 30.2 Å². The van der Waals surface area contributed by atoms with E-state index in [1.54, 1.807) is 30.1 Å². The minimum atomic E-state index is -4.74. The van der Waals surface area contributed by atoms with Gasteiger partial charge in [-0.3, -0.25) is 4.99 Å².